The second-order valence-corrected chi connectivity index (χ2v) is 5.11. The Morgan fingerprint density at radius 1 is 1.17 bits per heavy atom. The molecule has 0 saturated carbocycles. The van der Waals surface area contributed by atoms with Crippen molar-refractivity contribution in [1.29, 1.82) is 0 Å². The van der Waals surface area contributed by atoms with Gasteiger partial charge in [0.1, 0.15) is 0 Å². The predicted molar refractivity (Wildman–Crippen MR) is 81.4 cm³/mol. The first-order valence-corrected chi connectivity index (χ1v) is 6.63. The molecule has 2 aromatic carbocycles. The summed E-state index contributed by atoms with van der Waals surface area (Å²) in [4.78, 5) is 12.0. The first-order valence-electron chi connectivity index (χ1n) is 5.55. The zero-order valence-electron chi connectivity index (χ0n) is 9.69. The largest absolute Gasteiger partial charge is 0.326 e. The molecular weight excluding hydrogens is 339 g/mol. The van der Waals surface area contributed by atoms with Gasteiger partial charge in [-0.05, 0) is 64.6 Å². The zero-order chi connectivity index (χ0) is 13.0. The number of hydrogen-bond acceptors (Lipinski definition) is 2. The van der Waals surface area contributed by atoms with Crippen molar-refractivity contribution in [3.05, 3.63) is 63.2 Å². The van der Waals surface area contributed by atoms with Gasteiger partial charge in [-0.1, -0.05) is 12.1 Å². The van der Waals surface area contributed by atoms with Gasteiger partial charge in [-0.2, -0.15) is 0 Å². The van der Waals surface area contributed by atoms with Crippen LogP contribution in [0.3, 0.4) is 0 Å². The standard InChI is InChI=1S/C14H13IN2O/c15-12-6-4-11(5-7-12)14(18)17-13-3-1-2-10(8-13)9-16/h1-8H,9,16H2,(H,17,18). The van der Waals surface area contributed by atoms with Crippen molar-refractivity contribution in [3.8, 4) is 0 Å². The van der Waals surface area contributed by atoms with Crippen LogP contribution >= 0.6 is 22.6 Å². The molecule has 0 aliphatic heterocycles. The molecule has 0 aliphatic carbocycles. The Balaban J connectivity index is 2.13. The zero-order valence-corrected chi connectivity index (χ0v) is 11.8. The highest BCUT2D eigenvalue weighted by atomic mass is 127. The lowest BCUT2D eigenvalue weighted by Crippen LogP contribution is -2.12. The van der Waals surface area contributed by atoms with Crippen LogP contribution in [0.15, 0.2) is 48.5 Å². The van der Waals surface area contributed by atoms with Crippen molar-refractivity contribution < 1.29 is 4.79 Å². The number of carbonyl (C=O) groups is 1. The molecule has 0 bridgehead atoms. The normalized spacial score (nSPS) is 10.1. The summed E-state index contributed by atoms with van der Waals surface area (Å²) in [6.45, 7) is 0.466. The van der Waals surface area contributed by atoms with Crippen LogP contribution in [0.5, 0.6) is 0 Å². The number of amides is 1. The summed E-state index contributed by atoms with van der Waals surface area (Å²) in [6, 6.07) is 15.0. The number of rotatable bonds is 3. The molecule has 0 saturated heterocycles. The molecule has 1 amide bonds. The molecule has 2 aromatic rings. The molecule has 4 heteroatoms. The lowest BCUT2D eigenvalue weighted by atomic mass is 10.2. The van der Waals surface area contributed by atoms with E-state index in [4.69, 9.17) is 5.73 Å². The molecule has 0 atom stereocenters. The minimum Gasteiger partial charge on any atom is -0.326 e. The van der Waals surface area contributed by atoms with Gasteiger partial charge in [0.15, 0.2) is 0 Å². The van der Waals surface area contributed by atoms with Gasteiger partial charge < -0.3 is 11.1 Å². The van der Waals surface area contributed by atoms with Crippen LogP contribution in [0.1, 0.15) is 15.9 Å². The van der Waals surface area contributed by atoms with Crippen molar-refractivity contribution in [2.75, 3.05) is 5.32 Å². The summed E-state index contributed by atoms with van der Waals surface area (Å²) >= 11 is 2.21. The van der Waals surface area contributed by atoms with Crippen LogP contribution in [0.4, 0.5) is 5.69 Å². The summed E-state index contributed by atoms with van der Waals surface area (Å²) in [5.41, 5.74) is 7.97. The number of hydrogen-bond donors (Lipinski definition) is 2. The Labute approximate surface area is 120 Å². The SMILES string of the molecule is NCc1cccc(NC(=O)c2ccc(I)cc2)c1. The summed E-state index contributed by atoms with van der Waals surface area (Å²) < 4.78 is 1.11. The highest BCUT2D eigenvalue weighted by Gasteiger charge is 2.05. The Hall–Kier alpha value is -1.40. The third-order valence-corrected chi connectivity index (χ3v) is 3.25. The van der Waals surface area contributed by atoms with E-state index in [1.54, 1.807) is 0 Å². The van der Waals surface area contributed by atoms with E-state index >= 15 is 0 Å². The fraction of sp³-hybridized carbons (Fsp3) is 0.0714. The minimum atomic E-state index is -0.111. The number of nitrogens with two attached hydrogens (primary N) is 1. The first-order chi connectivity index (χ1) is 8.69. The highest BCUT2D eigenvalue weighted by Crippen LogP contribution is 2.13. The summed E-state index contributed by atoms with van der Waals surface area (Å²) in [5, 5.41) is 2.86. The molecule has 0 heterocycles. The Kier molecular flexibility index (Phi) is 4.33. The van der Waals surface area contributed by atoms with E-state index in [0.717, 1.165) is 14.8 Å². The molecule has 0 unspecified atom stereocenters. The van der Waals surface area contributed by atoms with Crippen molar-refractivity contribution >= 4 is 34.2 Å². The molecular formula is C14H13IN2O. The number of carbonyl (C=O) groups excluding carboxylic acids is 1. The number of anilines is 1. The smallest absolute Gasteiger partial charge is 0.255 e. The third-order valence-electron chi connectivity index (χ3n) is 2.53. The quantitative estimate of drug-likeness (QED) is 0.835. The van der Waals surface area contributed by atoms with Crippen LogP contribution in [-0.2, 0) is 6.54 Å². The Bertz CT molecular complexity index is 552. The lowest BCUT2D eigenvalue weighted by Gasteiger charge is -2.06. The Morgan fingerprint density at radius 3 is 2.56 bits per heavy atom. The molecule has 0 fully saturated rings. The number of nitrogens with one attached hydrogen (secondary N) is 1. The molecule has 0 aromatic heterocycles. The van der Waals surface area contributed by atoms with Crippen LogP contribution < -0.4 is 11.1 Å². The maximum atomic E-state index is 12.0. The molecule has 92 valence electrons. The fourth-order valence-electron chi connectivity index (χ4n) is 1.58. The highest BCUT2D eigenvalue weighted by molar-refractivity contribution is 14.1. The van der Waals surface area contributed by atoms with E-state index in [1.165, 1.54) is 0 Å². The second kappa shape index (κ2) is 5.97. The molecule has 0 spiro atoms. The van der Waals surface area contributed by atoms with Gasteiger partial charge in [0, 0.05) is 21.4 Å². The van der Waals surface area contributed by atoms with Crippen LogP contribution in [0.2, 0.25) is 0 Å². The van der Waals surface area contributed by atoms with E-state index in [0.29, 0.717) is 12.1 Å². The van der Waals surface area contributed by atoms with Gasteiger partial charge in [0.25, 0.3) is 5.91 Å². The minimum absolute atomic E-state index is 0.111. The third kappa shape index (κ3) is 3.30. The molecule has 0 radical (unpaired) electrons. The van der Waals surface area contributed by atoms with E-state index in [1.807, 2.05) is 48.5 Å². The van der Waals surface area contributed by atoms with E-state index in [9.17, 15) is 4.79 Å². The monoisotopic (exact) mass is 352 g/mol. The van der Waals surface area contributed by atoms with Gasteiger partial charge in [0.05, 0.1) is 0 Å². The number of benzene rings is 2. The average Bonchev–Trinajstić information content (AvgIpc) is 2.39. The molecule has 2 rings (SSSR count). The van der Waals surface area contributed by atoms with Crippen LogP contribution in [-0.4, -0.2) is 5.91 Å². The van der Waals surface area contributed by atoms with Crippen molar-refractivity contribution in [2.45, 2.75) is 6.54 Å². The van der Waals surface area contributed by atoms with Gasteiger partial charge in [0.2, 0.25) is 0 Å². The summed E-state index contributed by atoms with van der Waals surface area (Å²) in [6.07, 6.45) is 0. The van der Waals surface area contributed by atoms with Gasteiger partial charge in [-0.3, -0.25) is 4.79 Å². The van der Waals surface area contributed by atoms with E-state index < -0.39 is 0 Å². The number of halogens is 1. The van der Waals surface area contributed by atoms with Gasteiger partial charge in [-0.25, -0.2) is 0 Å². The first kappa shape index (κ1) is 13.0. The average molecular weight is 352 g/mol. The molecule has 0 aliphatic rings. The lowest BCUT2D eigenvalue weighted by molar-refractivity contribution is 0.102. The molecule has 3 nitrogen and oxygen atoms in total. The van der Waals surface area contributed by atoms with Crippen LogP contribution in [0, 0.1) is 3.57 Å². The van der Waals surface area contributed by atoms with E-state index in [-0.39, 0.29) is 5.91 Å². The maximum Gasteiger partial charge on any atom is 0.255 e. The van der Waals surface area contributed by atoms with Crippen molar-refractivity contribution in [2.24, 2.45) is 5.73 Å². The molecule has 3 N–H and O–H groups in total. The van der Waals surface area contributed by atoms with Crippen LogP contribution in [0.25, 0.3) is 0 Å². The van der Waals surface area contributed by atoms with Crippen molar-refractivity contribution in [3.63, 3.8) is 0 Å². The molecule has 18 heavy (non-hydrogen) atoms. The summed E-state index contributed by atoms with van der Waals surface area (Å²) in [7, 11) is 0. The topological polar surface area (TPSA) is 55.1 Å². The van der Waals surface area contributed by atoms with Gasteiger partial charge >= 0.3 is 0 Å². The maximum absolute atomic E-state index is 12.0. The van der Waals surface area contributed by atoms with Gasteiger partial charge in [-0.15, -0.1) is 0 Å². The van der Waals surface area contributed by atoms with Crippen molar-refractivity contribution in [1.82, 2.24) is 0 Å². The second-order valence-electron chi connectivity index (χ2n) is 3.87. The Morgan fingerprint density at radius 2 is 1.89 bits per heavy atom. The summed E-state index contributed by atoms with van der Waals surface area (Å²) in [5.74, 6) is -0.111. The van der Waals surface area contributed by atoms with E-state index in [2.05, 4.69) is 27.9 Å². The fourth-order valence-corrected chi connectivity index (χ4v) is 1.94. The predicted octanol–water partition coefficient (Wildman–Crippen LogP) is 3.00.